The van der Waals surface area contributed by atoms with E-state index < -0.39 is 24.0 Å². The number of rotatable bonds is 7. The highest BCUT2D eigenvalue weighted by atomic mass is 19.1. The van der Waals surface area contributed by atoms with Gasteiger partial charge >= 0.3 is 11.9 Å². The highest BCUT2D eigenvalue weighted by molar-refractivity contribution is 6.08. The summed E-state index contributed by atoms with van der Waals surface area (Å²) in [5.41, 5.74) is 4.60. The van der Waals surface area contributed by atoms with Crippen molar-refractivity contribution in [3.8, 4) is 0 Å². The number of hydrogen-bond acceptors (Lipinski definition) is 7. The summed E-state index contributed by atoms with van der Waals surface area (Å²) in [7, 11) is 1.95. The van der Waals surface area contributed by atoms with Gasteiger partial charge in [-0.1, -0.05) is 23.8 Å². The van der Waals surface area contributed by atoms with Crippen molar-refractivity contribution in [1.82, 2.24) is 9.80 Å². The van der Waals surface area contributed by atoms with Crippen molar-refractivity contribution in [3.05, 3.63) is 89.0 Å². The number of amidine groups is 1. The number of nitrogens with zero attached hydrogens (tertiary/aromatic N) is 3. The van der Waals surface area contributed by atoms with Gasteiger partial charge in [-0.2, -0.15) is 0 Å². The van der Waals surface area contributed by atoms with Crippen LogP contribution in [0.3, 0.4) is 0 Å². The molecular weight excluding hydrogens is 530 g/mol. The zero-order valence-corrected chi connectivity index (χ0v) is 22.9. The molecule has 2 heterocycles. The quantitative estimate of drug-likeness (QED) is 0.373. The highest BCUT2D eigenvalue weighted by Gasteiger charge is 2.37. The number of likely N-dealkylation sites (N-methyl/N-ethyl adjacent to an activating group) is 1. The number of carbonyl (C=O) groups is 2. The molecule has 1 fully saturated rings. The fourth-order valence-corrected chi connectivity index (χ4v) is 5.21. The number of halogens is 2. The molecule has 0 spiro atoms. The van der Waals surface area contributed by atoms with Gasteiger partial charge in [0.25, 0.3) is 0 Å². The highest BCUT2D eigenvalue weighted by Crippen LogP contribution is 2.37. The zero-order valence-electron chi connectivity index (χ0n) is 22.9. The number of aryl methyl sites for hydroxylation is 2. The van der Waals surface area contributed by atoms with Crippen molar-refractivity contribution in [2.75, 3.05) is 25.5 Å². The van der Waals surface area contributed by atoms with E-state index in [1.54, 1.807) is 18.2 Å². The summed E-state index contributed by atoms with van der Waals surface area (Å²) in [4.78, 5) is 32.7. The molecule has 0 radical (unpaired) electrons. The Balaban J connectivity index is 1.51. The minimum Gasteiger partial charge on any atom is -0.481 e. The number of carboxylic acids is 1. The van der Waals surface area contributed by atoms with Crippen molar-refractivity contribution in [2.45, 2.75) is 44.9 Å². The van der Waals surface area contributed by atoms with E-state index in [4.69, 9.17) is 14.8 Å². The second kappa shape index (κ2) is 12.1. The number of benzene rings is 3. The molecule has 0 aromatic heterocycles. The van der Waals surface area contributed by atoms with E-state index in [2.05, 4.69) is 10.2 Å². The first-order valence-electron chi connectivity index (χ1n) is 13.5. The van der Waals surface area contributed by atoms with Gasteiger partial charge in [0.1, 0.15) is 17.5 Å². The number of hydrogen-bond donors (Lipinski definition) is 2. The van der Waals surface area contributed by atoms with Gasteiger partial charge < -0.3 is 20.1 Å². The average Bonchev–Trinajstić information content (AvgIpc) is 3.08. The van der Waals surface area contributed by atoms with Gasteiger partial charge in [-0.3, -0.25) is 14.5 Å². The van der Waals surface area contributed by atoms with E-state index in [0.29, 0.717) is 36.7 Å². The third-order valence-electron chi connectivity index (χ3n) is 7.46. The van der Waals surface area contributed by atoms with Gasteiger partial charge in [0, 0.05) is 29.9 Å². The fourth-order valence-electron chi connectivity index (χ4n) is 5.21. The number of carboxylic acid groups (broad SMARTS) is 1. The largest absolute Gasteiger partial charge is 0.481 e. The van der Waals surface area contributed by atoms with Gasteiger partial charge in [0.05, 0.1) is 30.8 Å². The van der Waals surface area contributed by atoms with Gasteiger partial charge in [-0.25, -0.2) is 13.8 Å². The number of piperazine rings is 1. The number of fused-ring (bicyclic) bond motifs is 2. The molecule has 3 aromatic rings. The molecule has 0 amide bonds. The molecule has 0 saturated carbocycles. The summed E-state index contributed by atoms with van der Waals surface area (Å²) >= 11 is 0. The predicted octanol–water partition coefficient (Wildman–Crippen LogP) is 5.39. The van der Waals surface area contributed by atoms with Crippen molar-refractivity contribution in [1.29, 1.82) is 0 Å². The molecular formula is C31H32F2N4O4. The molecule has 10 heteroatoms. The first-order chi connectivity index (χ1) is 19.7. The number of esters is 1. The molecule has 1 saturated heterocycles. The van der Waals surface area contributed by atoms with Crippen LogP contribution >= 0.6 is 0 Å². The van der Waals surface area contributed by atoms with Crippen molar-refractivity contribution in [3.63, 3.8) is 0 Å². The number of aliphatic imine (C=N–C) groups is 1. The Morgan fingerprint density at radius 1 is 1.00 bits per heavy atom. The Bertz CT molecular complexity index is 1480. The molecule has 5 rings (SSSR count). The lowest BCUT2D eigenvalue weighted by Gasteiger charge is -2.45. The number of nitrogens with one attached hydrogen (secondary N) is 1. The van der Waals surface area contributed by atoms with Crippen LogP contribution in [0.1, 0.15) is 36.0 Å². The molecule has 2 aliphatic heterocycles. The molecule has 1 unspecified atom stereocenters. The Hall–Kier alpha value is -4.31. The summed E-state index contributed by atoms with van der Waals surface area (Å²) in [6.07, 6.45) is 0.112. The second-order valence-electron chi connectivity index (χ2n) is 10.5. The number of aliphatic carboxylic acids is 1. The Morgan fingerprint density at radius 3 is 2.49 bits per heavy atom. The summed E-state index contributed by atoms with van der Waals surface area (Å²) in [5, 5.41) is 12.4. The normalized spacial score (nSPS) is 18.4. The molecule has 41 heavy (non-hydrogen) atoms. The first kappa shape index (κ1) is 28.2. The third kappa shape index (κ3) is 6.71. The Kier molecular flexibility index (Phi) is 8.30. The van der Waals surface area contributed by atoms with E-state index in [0.717, 1.165) is 28.8 Å². The molecule has 3 aromatic carbocycles. The number of ether oxygens (including phenoxy) is 1. The van der Waals surface area contributed by atoms with Gasteiger partial charge in [-0.15, -0.1) is 0 Å². The van der Waals surface area contributed by atoms with Crippen LogP contribution < -0.4 is 5.32 Å². The zero-order chi connectivity index (χ0) is 29.1. The van der Waals surface area contributed by atoms with Crippen LogP contribution in [0.25, 0.3) is 0 Å². The fraction of sp³-hybridized carbons (Fsp3) is 0.323. The van der Waals surface area contributed by atoms with E-state index >= 15 is 0 Å². The molecule has 2 atom stereocenters. The topological polar surface area (TPSA) is 94.5 Å². The van der Waals surface area contributed by atoms with Crippen LogP contribution in [0.2, 0.25) is 0 Å². The summed E-state index contributed by atoms with van der Waals surface area (Å²) in [5.74, 6) is -1.89. The number of anilines is 2. The van der Waals surface area contributed by atoms with Crippen LogP contribution in [0.4, 0.5) is 25.8 Å². The summed E-state index contributed by atoms with van der Waals surface area (Å²) in [6.45, 7) is 2.75. The van der Waals surface area contributed by atoms with E-state index in [1.807, 2.05) is 37.1 Å². The summed E-state index contributed by atoms with van der Waals surface area (Å²) < 4.78 is 33.6. The maximum Gasteiger partial charge on any atom is 0.308 e. The maximum absolute atomic E-state index is 14.3. The molecule has 2 N–H and O–H groups in total. The molecule has 0 aliphatic carbocycles. The van der Waals surface area contributed by atoms with Crippen LogP contribution in [0.15, 0.2) is 65.7 Å². The van der Waals surface area contributed by atoms with Crippen molar-refractivity contribution >= 4 is 34.8 Å². The second-order valence-corrected chi connectivity index (χ2v) is 10.5. The standard InChI is InChI=1S/C31H32F2N4O4/c1-19-3-11-25-24(15-19)31(35-27-16-22(33)9-12-26(27)34-25)37-17-23(10-6-20-4-7-21(32)8-5-20)36(2)18-28(37)41-30(40)14-13-29(38)39/h3-5,7-9,11-12,15-16,23,28,34H,6,10,13-14,17-18H2,1-2H3,(H,38,39)/t23-,28?/m0/s1. The van der Waals surface area contributed by atoms with E-state index in [1.165, 1.54) is 24.3 Å². The van der Waals surface area contributed by atoms with Crippen LogP contribution in [-0.2, 0) is 20.7 Å². The molecule has 214 valence electrons. The van der Waals surface area contributed by atoms with E-state index in [9.17, 15) is 18.4 Å². The lowest BCUT2D eigenvalue weighted by atomic mass is 10.0. The van der Waals surface area contributed by atoms with Crippen LogP contribution in [0, 0.1) is 18.6 Å². The number of carbonyl (C=O) groups excluding carboxylic acids is 1. The first-order valence-corrected chi connectivity index (χ1v) is 13.5. The molecule has 8 nitrogen and oxygen atoms in total. The van der Waals surface area contributed by atoms with Crippen LogP contribution in [0.5, 0.6) is 0 Å². The molecule has 0 bridgehead atoms. The minimum absolute atomic E-state index is 0.0215. The van der Waals surface area contributed by atoms with Crippen molar-refractivity contribution in [2.24, 2.45) is 4.99 Å². The van der Waals surface area contributed by atoms with Gasteiger partial charge in [-0.05, 0) is 68.8 Å². The maximum atomic E-state index is 14.3. The Morgan fingerprint density at radius 2 is 1.73 bits per heavy atom. The SMILES string of the molecule is Cc1ccc2c(c1)C(N1C[C@H](CCc3ccc(F)cc3)N(C)CC1OC(=O)CCC(=O)O)=Nc1cc(F)ccc1N2. The Labute approximate surface area is 237 Å². The van der Waals surface area contributed by atoms with E-state index in [-0.39, 0.29) is 24.7 Å². The predicted molar refractivity (Wildman–Crippen MR) is 152 cm³/mol. The lowest BCUT2D eigenvalue weighted by Crippen LogP contribution is -2.60. The summed E-state index contributed by atoms with van der Waals surface area (Å²) in [6, 6.07) is 16.7. The third-order valence-corrected chi connectivity index (χ3v) is 7.46. The molecule has 2 aliphatic rings. The van der Waals surface area contributed by atoms with Gasteiger partial charge in [0.2, 0.25) is 0 Å². The average molecular weight is 563 g/mol. The van der Waals surface area contributed by atoms with Gasteiger partial charge in [0.15, 0.2) is 6.23 Å². The van der Waals surface area contributed by atoms with Crippen LogP contribution in [-0.4, -0.2) is 65.1 Å². The minimum atomic E-state index is -1.08. The smallest absolute Gasteiger partial charge is 0.308 e. The lowest BCUT2D eigenvalue weighted by molar-refractivity contribution is -0.163. The van der Waals surface area contributed by atoms with Crippen molar-refractivity contribution < 1.29 is 28.2 Å². The monoisotopic (exact) mass is 562 g/mol.